The summed E-state index contributed by atoms with van der Waals surface area (Å²) in [6.45, 7) is 0. The molecule has 0 aromatic heterocycles. The zero-order valence-corrected chi connectivity index (χ0v) is 17.7. The zero-order chi connectivity index (χ0) is 22.1. The molecule has 0 unspecified atom stereocenters. The van der Waals surface area contributed by atoms with Crippen molar-refractivity contribution in [3.8, 4) is 5.75 Å². The van der Waals surface area contributed by atoms with Gasteiger partial charge in [-0.15, -0.1) is 0 Å². The van der Waals surface area contributed by atoms with Crippen LogP contribution in [0.1, 0.15) is 27.0 Å². The molecular formula is C23H21N3O4S. The van der Waals surface area contributed by atoms with Crippen LogP contribution in [0.15, 0.2) is 77.9 Å². The monoisotopic (exact) mass is 435 g/mol. The molecule has 3 aromatic rings. The van der Waals surface area contributed by atoms with E-state index in [2.05, 4.69) is 22.7 Å². The highest BCUT2D eigenvalue weighted by Gasteiger charge is 2.14. The topological polar surface area (TPSA) is 93.8 Å². The molecule has 0 heterocycles. The van der Waals surface area contributed by atoms with Crippen LogP contribution in [0.25, 0.3) is 0 Å². The van der Waals surface area contributed by atoms with Crippen molar-refractivity contribution >= 4 is 29.6 Å². The maximum absolute atomic E-state index is 12.3. The second-order valence-electron chi connectivity index (χ2n) is 6.56. The van der Waals surface area contributed by atoms with Crippen molar-refractivity contribution in [3.05, 3.63) is 105 Å². The van der Waals surface area contributed by atoms with Crippen LogP contribution < -0.4 is 10.2 Å². The quantitative estimate of drug-likeness (QED) is 0.296. The summed E-state index contributed by atoms with van der Waals surface area (Å²) < 4.78 is 4.96. The maximum Gasteiger partial charge on any atom is 0.311 e. The minimum Gasteiger partial charge on any atom is -0.490 e. The number of ether oxygens (including phenoxy) is 1. The molecule has 0 saturated heterocycles. The lowest BCUT2D eigenvalue weighted by molar-refractivity contribution is -0.385. The number of hydrogen-bond donors (Lipinski definition) is 1. The Hall–Kier alpha value is -3.65. The van der Waals surface area contributed by atoms with E-state index >= 15 is 0 Å². The van der Waals surface area contributed by atoms with Crippen LogP contribution in [-0.2, 0) is 11.5 Å². The Labute approximate surface area is 184 Å². The Balaban J connectivity index is 1.52. The van der Waals surface area contributed by atoms with Crippen LogP contribution in [0.2, 0.25) is 0 Å². The molecule has 158 valence electrons. The van der Waals surface area contributed by atoms with E-state index in [0.29, 0.717) is 11.1 Å². The summed E-state index contributed by atoms with van der Waals surface area (Å²) in [6.07, 6.45) is 1.35. The summed E-state index contributed by atoms with van der Waals surface area (Å²) in [5.74, 6) is 1.59. The molecule has 0 aliphatic heterocycles. The summed E-state index contributed by atoms with van der Waals surface area (Å²) >= 11 is 1.81. The Morgan fingerprint density at radius 3 is 2.39 bits per heavy atom. The van der Waals surface area contributed by atoms with Crippen molar-refractivity contribution in [3.63, 3.8) is 0 Å². The molecule has 1 N–H and O–H groups in total. The van der Waals surface area contributed by atoms with E-state index in [1.807, 2.05) is 42.1 Å². The van der Waals surface area contributed by atoms with Crippen molar-refractivity contribution in [2.45, 2.75) is 11.5 Å². The molecule has 0 aliphatic rings. The fraction of sp³-hybridized carbons (Fsp3) is 0.130. The molecule has 31 heavy (non-hydrogen) atoms. The van der Waals surface area contributed by atoms with Gasteiger partial charge in [-0.2, -0.15) is 16.9 Å². The molecule has 0 saturated carbocycles. The van der Waals surface area contributed by atoms with Crippen molar-refractivity contribution < 1.29 is 14.5 Å². The first-order valence-corrected chi connectivity index (χ1v) is 10.6. The number of thioether (sulfide) groups is 1. The van der Waals surface area contributed by atoms with E-state index in [4.69, 9.17) is 4.74 Å². The van der Waals surface area contributed by atoms with Gasteiger partial charge in [0.25, 0.3) is 5.91 Å². The van der Waals surface area contributed by atoms with Crippen LogP contribution in [-0.4, -0.2) is 24.2 Å². The molecule has 3 rings (SSSR count). The second kappa shape index (κ2) is 10.9. The van der Waals surface area contributed by atoms with Gasteiger partial charge in [-0.3, -0.25) is 14.9 Å². The molecule has 0 radical (unpaired) electrons. The Morgan fingerprint density at radius 2 is 1.74 bits per heavy atom. The van der Waals surface area contributed by atoms with Gasteiger partial charge in [0.1, 0.15) is 0 Å². The standard InChI is InChI=1S/C23H21N3O4S/c1-30-22-12-9-19(13-21(22)26(28)29)14-24-25-23(27)20-10-7-18(8-11-20)16-31-15-17-5-3-2-4-6-17/h2-14H,15-16H2,1H3,(H,25,27)/b24-14-. The SMILES string of the molecule is COc1ccc(/C=N\NC(=O)c2ccc(CSCc3ccccc3)cc2)cc1[N+](=O)[O-]. The molecule has 7 nitrogen and oxygen atoms in total. The number of hydrazone groups is 1. The molecule has 0 aliphatic carbocycles. The average molecular weight is 436 g/mol. The number of benzene rings is 3. The minimum atomic E-state index is -0.533. The first kappa shape index (κ1) is 22.0. The predicted octanol–water partition coefficient (Wildman–Crippen LogP) is 4.80. The average Bonchev–Trinajstić information content (AvgIpc) is 2.80. The van der Waals surface area contributed by atoms with Crippen molar-refractivity contribution in [2.24, 2.45) is 5.10 Å². The summed E-state index contributed by atoms with van der Waals surface area (Å²) in [6, 6.07) is 22.0. The number of carbonyl (C=O) groups is 1. The van der Waals surface area contributed by atoms with Crippen LogP contribution >= 0.6 is 11.8 Å². The van der Waals surface area contributed by atoms with E-state index in [-0.39, 0.29) is 17.3 Å². The van der Waals surface area contributed by atoms with Gasteiger partial charge >= 0.3 is 5.69 Å². The third kappa shape index (κ3) is 6.42. The number of carbonyl (C=O) groups excluding carboxylic acids is 1. The number of hydrogen-bond acceptors (Lipinski definition) is 6. The number of nitrogens with one attached hydrogen (secondary N) is 1. The number of nitro benzene ring substituents is 1. The van der Waals surface area contributed by atoms with E-state index in [1.54, 1.807) is 18.2 Å². The lowest BCUT2D eigenvalue weighted by Gasteiger charge is -2.04. The second-order valence-corrected chi connectivity index (χ2v) is 7.55. The Kier molecular flexibility index (Phi) is 7.78. The molecule has 0 bridgehead atoms. The first-order chi connectivity index (χ1) is 15.1. The summed E-state index contributed by atoms with van der Waals surface area (Å²) in [7, 11) is 1.36. The van der Waals surface area contributed by atoms with Crippen molar-refractivity contribution in [1.29, 1.82) is 0 Å². The molecule has 0 fully saturated rings. The minimum absolute atomic E-state index is 0.160. The van der Waals surface area contributed by atoms with Crippen LogP contribution in [0, 0.1) is 10.1 Å². The van der Waals surface area contributed by atoms with Gasteiger partial charge in [-0.05, 0) is 35.4 Å². The molecule has 0 atom stereocenters. The van der Waals surface area contributed by atoms with Gasteiger partial charge in [-0.25, -0.2) is 5.43 Å². The highest BCUT2D eigenvalue weighted by molar-refractivity contribution is 7.97. The van der Waals surface area contributed by atoms with Crippen molar-refractivity contribution in [2.75, 3.05) is 7.11 Å². The number of rotatable bonds is 9. The Morgan fingerprint density at radius 1 is 1.06 bits per heavy atom. The third-order valence-electron chi connectivity index (χ3n) is 4.38. The van der Waals surface area contributed by atoms with Crippen LogP contribution in [0.5, 0.6) is 5.75 Å². The van der Waals surface area contributed by atoms with Gasteiger partial charge in [0.05, 0.1) is 18.2 Å². The van der Waals surface area contributed by atoms with Gasteiger partial charge in [0, 0.05) is 28.7 Å². The highest BCUT2D eigenvalue weighted by Crippen LogP contribution is 2.26. The van der Waals surface area contributed by atoms with Gasteiger partial charge in [-0.1, -0.05) is 42.5 Å². The van der Waals surface area contributed by atoms with Crippen LogP contribution in [0.3, 0.4) is 0 Å². The van der Waals surface area contributed by atoms with E-state index in [1.165, 1.54) is 31.0 Å². The van der Waals surface area contributed by atoms with Crippen LogP contribution in [0.4, 0.5) is 5.69 Å². The van der Waals surface area contributed by atoms with E-state index in [9.17, 15) is 14.9 Å². The van der Waals surface area contributed by atoms with E-state index in [0.717, 1.165) is 17.1 Å². The zero-order valence-electron chi connectivity index (χ0n) is 16.9. The lowest BCUT2D eigenvalue weighted by Crippen LogP contribution is -2.17. The maximum atomic E-state index is 12.3. The largest absolute Gasteiger partial charge is 0.490 e. The molecule has 3 aromatic carbocycles. The smallest absolute Gasteiger partial charge is 0.311 e. The molecular weight excluding hydrogens is 414 g/mol. The normalized spacial score (nSPS) is 10.7. The fourth-order valence-corrected chi connectivity index (χ4v) is 3.73. The number of methoxy groups -OCH3 is 1. The van der Waals surface area contributed by atoms with Crippen molar-refractivity contribution in [1.82, 2.24) is 5.43 Å². The van der Waals surface area contributed by atoms with Gasteiger partial charge in [0.15, 0.2) is 5.75 Å². The number of amides is 1. The lowest BCUT2D eigenvalue weighted by atomic mass is 10.1. The number of nitrogens with zero attached hydrogens (tertiary/aromatic N) is 2. The predicted molar refractivity (Wildman–Crippen MR) is 123 cm³/mol. The molecule has 8 heteroatoms. The summed E-state index contributed by atoms with van der Waals surface area (Å²) in [5.41, 5.74) is 5.63. The molecule has 0 spiro atoms. The number of nitro groups is 1. The van der Waals surface area contributed by atoms with Gasteiger partial charge < -0.3 is 4.74 Å². The summed E-state index contributed by atoms with van der Waals surface area (Å²) in [5, 5.41) is 15.0. The third-order valence-corrected chi connectivity index (χ3v) is 5.45. The summed E-state index contributed by atoms with van der Waals surface area (Å²) in [4.78, 5) is 22.8. The molecule has 1 amide bonds. The fourth-order valence-electron chi connectivity index (χ4n) is 2.77. The van der Waals surface area contributed by atoms with E-state index < -0.39 is 4.92 Å². The first-order valence-electron chi connectivity index (χ1n) is 9.43. The highest BCUT2D eigenvalue weighted by atomic mass is 32.2. The van der Waals surface area contributed by atoms with Gasteiger partial charge in [0.2, 0.25) is 0 Å². The Bertz CT molecular complexity index is 1070.